The number of morpholine rings is 1. The molecule has 31 heavy (non-hydrogen) atoms. The first-order chi connectivity index (χ1) is 15.1. The third kappa shape index (κ3) is 4.28. The second kappa shape index (κ2) is 8.97. The summed E-state index contributed by atoms with van der Waals surface area (Å²) in [7, 11) is 0. The lowest BCUT2D eigenvalue weighted by molar-refractivity contribution is -0.126. The molecule has 8 nitrogen and oxygen atoms in total. The molecule has 2 aromatic heterocycles. The first-order valence-corrected chi connectivity index (χ1v) is 12.2. The van der Waals surface area contributed by atoms with Crippen LogP contribution in [-0.2, 0) is 16.0 Å². The Hall–Kier alpha value is -1.81. The lowest BCUT2D eigenvalue weighted by Crippen LogP contribution is -2.46. The standard InChI is InChI=1S/C22H31N5O3S/c23-20(29)16(28)11-13-1-6-17-18(13)19-21(24-12-25-22(19)31-17)26-14-2-4-15(5-3-14)27-7-9-30-10-8-27/h12-16,28H,1-11H2,(H2,23,29)(H,24,25,26). The predicted molar refractivity (Wildman–Crippen MR) is 120 cm³/mol. The summed E-state index contributed by atoms with van der Waals surface area (Å²) in [5, 5.41) is 14.9. The molecular formula is C22H31N5O3S. The fourth-order valence-corrected chi connectivity index (χ4v) is 6.76. The average molecular weight is 446 g/mol. The molecule has 2 aromatic rings. The molecule has 9 heteroatoms. The maximum absolute atomic E-state index is 11.4. The number of carbonyl (C=O) groups is 1. The number of carbonyl (C=O) groups excluding carboxylic acids is 1. The van der Waals surface area contributed by atoms with Gasteiger partial charge in [-0.1, -0.05) is 0 Å². The summed E-state index contributed by atoms with van der Waals surface area (Å²) in [6.07, 6.45) is 7.44. The van der Waals surface area contributed by atoms with E-state index in [1.807, 2.05) is 0 Å². The summed E-state index contributed by atoms with van der Waals surface area (Å²) >= 11 is 1.71. The minimum absolute atomic E-state index is 0.120. The largest absolute Gasteiger partial charge is 0.383 e. The van der Waals surface area contributed by atoms with Gasteiger partial charge in [-0.05, 0) is 56.4 Å². The van der Waals surface area contributed by atoms with Crippen LogP contribution in [0.15, 0.2) is 6.33 Å². The van der Waals surface area contributed by atoms with Gasteiger partial charge in [-0.25, -0.2) is 9.97 Å². The third-order valence-corrected chi connectivity index (χ3v) is 8.34. The molecule has 3 aliphatic rings. The Bertz CT molecular complexity index is 937. The van der Waals surface area contributed by atoms with Crippen LogP contribution >= 0.6 is 11.3 Å². The fourth-order valence-electron chi connectivity index (χ4n) is 5.52. The number of nitrogens with zero attached hydrogens (tertiary/aromatic N) is 3. The van der Waals surface area contributed by atoms with Crippen molar-refractivity contribution in [3.8, 4) is 0 Å². The van der Waals surface area contributed by atoms with Gasteiger partial charge in [0.15, 0.2) is 0 Å². The Morgan fingerprint density at radius 1 is 1.26 bits per heavy atom. The van der Waals surface area contributed by atoms with Crippen LogP contribution in [0.5, 0.6) is 0 Å². The minimum atomic E-state index is -1.11. The van der Waals surface area contributed by atoms with Gasteiger partial charge in [0.1, 0.15) is 23.1 Å². The summed E-state index contributed by atoms with van der Waals surface area (Å²) in [6, 6.07) is 1.07. The number of rotatable bonds is 6. The van der Waals surface area contributed by atoms with Crippen molar-refractivity contribution in [1.29, 1.82) is 0 Å². The van der Waals surface area contributed by atoms with Crippen molar-refractivity contribution in [2.75, 3.05) is 31.6 Å². The third-order valence-electron chi connectivity index (χ3n) is 7.17. The zero-order valence-corrected chi connectivity index (χ0v) is 18.6. The van der Waals surface area contributed by atoms with E-state index in [-0.39, 0.29) is 5.92 Å². The second-order valence-corrected chi connectivity index (χ2v) is 10.1. The van der Waals surface area contributed by atoms with Gasteiger partial charge in [0.2, 0.25) is 5.91 Å². The van der Waals surface area contributed by atoms with Crippen LogP contribution in [0, 0.1) is 0 Å². The quantitative estimate of drug-likeness (QED) is 0.623. The summed E-state index contributed by atoms with van der Waals surface area (Å²) in [5.74, 6) is 0.368. The SMILES string of the molecule is NC(=O)C(O)CC1CCc2sc3ncnc(NC4CCC(N5CCOCC5)CC4)c3c21. The lowest BCUT2D eigenvalue weighted by Gasteiger charge is -2.39. The molecule has 1 amide bonds. The molecule has 5 rings (SSSR count). The number of aromatic nitrogens is 2. The smallest absolute Gasteiger partial charge is 0.246 e. The van der Waals surface area contributed by atoms with Crippen LogP contribution in [0.3, 0.4) is 0 Å². The van der Waals surface area contributed by atoms with E-state index in [2.05, 4.69) is 20.2 Å². The number of aryl methyl sites for hydroxylation is 1. The normalized spacial score (nSPS) is 27.8. The van der Waals surface area contributed by atoms with Crippen LogP contribution < -0.4 is 11.1 Å². The number of hydrogen-bond acceptors (Lipinski definition) is 8. The van der Waals surface area contributed by atoms with Gasteiger partial charge in [-0.15, -0.1) is 11.3 Å². The number of nitrogens with two attached hydrogens (primary N) is 1. The van der Waals surface area contributed by atoms with Gasteiger partial charge < -0.3 is 20.9 Å². The Labute approximate surface area is 186 Å². The van der Waals surface area contributed by atoms with Crippen molar-refractivity contribution in [1.82, 2.24) is 14.9 Å². The highest BCUT2D eigenvalue weighted by atomic mass is 32.1. The van der Waals surface area contributed by atoms with Gasteiger partial charge in [0, 0.05) is 30.1 Å². The molecule has 0 radical (unpaired) electrons. The lowest BCUT2D eigenvalue weighted by atomic mass is 9.89. The zero-order chi connectivity index (χ0) is 21.4. The molecule has 1 aliphatic heterocycles. The second-order valence-electron chi connectivity index (χ2n) is 9.03. The van der Waals surface area contributed by atoms with E-state index in [1.165, 1.54) is 23.3 Å². The molecule has 2 unspecified atom stereocenters. The number of nitrogens with one attached hydrogen (secondary N) is 1. The van der Waals surface area contributed by atoms with Crippen LogP contribution in [0.2, 0.25) is 0 Å². The molecule has 168 valence electrons. The molecule has 4 N–H and O–H groups in total. The topological polar surface area (TPSA) is 114 Å². The fraction of sp³-hybridized carbons (Fsp3) is 0.682. The van der Waals surface area contributed by atoms with Crippen molar-refractivity contribution < 1.29 is 14.6 Å². The molecule has 1 saturated heterocycles. The molecule has 2 aliphatic carbocycles. The number of anilines is 1. The van der Waals surface area contributed by atoms with Crippen LogP contribution in [0.1, 0.15) is 54.9 Å². The van der Waals surface area contributed by atoms with Crippen LogP contribution in [0.25, 0.3) is 10.2 Å². The van der Waals surface area contributed by atoms with Crippen molar-refractivity contribution in [2.24, 2.45) is 5.73 Å². The Morgan fingerprint density at radius 2 is 2.03 bits per heavy atom. The minimum Gasteiger partial charge on any atom is -0.383 e. The van der Waals surface area contributed by atoms with E-state index in [4.69, 9.17) is 10.5 Å². The average Bonchev–Trinajstić information content (AvgIpc) is 3.35. The highest BCUT2D eigenvalue weighted by Gasteiger charge is 2.33. The molecular weight excluding hydrogens is 414 g/mol. The van der Waals surface area contributed by atoms with Gasteiger partial charge in [-0.2, -0.15) is 0 Å². The van der Waals surface area contributed by atoms with Gasteiger partial charge in [0.05, 0.1) is 18.6 Å². The van der Waals surface area contributed by atoms with E-state index >= 15 is 0 Å². The number of aliphatic hydroxyl groups is 1. The van der Waals surface area contributed by atoms with Crippen molar-refractivity contribution >= 4 is 33.3 Å². The van der Waals surface area contributed by atoms with Gasteiger partial charge >= 0.3 is 0 Å². The summed E-state index contributed by atoms with van der Waals surface area (Å²) in [4.78, 5) is 25.4. The highest BCUT2D eigenvalue weighted by Crippen LogP contribution is 2.47. The number of ether oxygens (including phenoxy) is 1. The predicted octanol–water partition coefficient (Wildman–Crippen LogP) is 2.01. The maximum Gasteiger partial charge on any atom is 0.246 e. The number of aliphatic hydroxyl groups excluding tert-OH is 1. The Kier molecular flexibility index (Phi) is 6.10. The van der Waals surface area contributed by atoms with E-state index in [0.29, 0.717) is 18.5 Å². The van der Waals surface area contributed by atoms with E-state index in [1.54, 1.807) is 17.7 Å². The van der Waals surface area contributed by atoms with Gasteiger partial charge in [-0.3, -0.25) is 9.69 Å². The van der Waals surface area contributed by atoms with E-state index in [0.717, 1.165) is 68.0 Å². The number of amides is 1. The van der Waals surface area contributed by atoms with Crippen molar-refractivity contribution in [2.45, 2.75) is 69.1 Å². The number of thiophene rings is 1. The Morgan fingerprint density at radius 3 is 2.77 bits per heavy atom. The summed E-state index contributed by atoms with van der Waals surface area (Å²) < 4.78 is 5.50. The summed E-state index contributed by atoms with van der Waals surface area (Å²) in [5.41, 5.74) is 6.52. The maximum atomic E-state index is 11.4. The van der Waals surface area contributed by atoms with E-state index < -0.39 is 12.0 Å². The first-order valence-electron chi connectivity index (χ1n) is 11.4. The first kappa shape index (κ1) is 21.1. The van der Waals surface area contributed by atoms with Crippen LogP contribution in [-0.4, -0.2) is 70.4 Å². The molecule has 0 bridgehead atoms. The molecule has 0 spiro atoms. The number of hydrogen-bond donors (Lipinski definition) is 3. The van der Waals surface area contributed by atoms with Crippen molar-refractivity contribution in [3.63, 3.8) is 0 Å². The number of primary amides is 1. The molecule has 0 aromatic carbocycles. The van der Waals surface area contributed by atoms with E-state index in [9.17, 15) is 9.90 Å². The monoisotopic (exact) mass is 445 g/mol. The Balaban J connectivity index is 1.31. The van der Waals surface area contributed by atoms with Crippen LogP contribution in [0.4, 0.5) is 5.82 Å². The zero-order valence-electron chi connectivity index (χ0n) is 17.8. The number of fused-ring (bicyclic) bond motifs is 3. The van der Waals surface area contributed by atoms with Crippen molar-refractivity contribution in [3.05, 3.63) is 16.8 Å². The van der Waals surface area contributed by atoms with Gasteiger partial charge in [0.25, 0.3) is 0 Å². The molecule has 2 atom stereocenters. The molecule has 3 heterocycles. The summed E-state index contributed by atoms with van der Waals surface area (Å²) in [6.45, 7) is 3.81. The highest BCUT2D eigenvalue weighted by molar-refractivity contribution is 7.19. The molecule has 1 saturated carbocycles. The molecule has 2 fully saturated rings.